The number of benzene rings is 2. The lowest BCUT2D eigenvalue weighted by Crippen LogP contribution is -2.39. The molecular weight excluding hydrogens is 288 g/mol. The summed E-state index contributed by atoms with van der Waals surface area (Å²) in [7, 11) is 1.66. The highest BCUT2D eigenvalue weighted by atomic mass is 16.5. The van der Waals surface area contributed by atoms with Gasteiger partial charge in [0.25, 0.3) is 5.91 Å². The molecule has 0 spiro atoms. The maximum absolute atomic E-state index is 12.4. The van der Waals surface area contributed by atoms with Gasteiger partial charge in [0.1, 0.15) is 5.75 Å². The lowest BCUT2D eigenvalue weighted by atomic mass is 9.81. The van der Waals surface area contributed by atoms with E-state index in [1.807, 2.05) is 48.7 Å². The number of amides is 1. The number of ether oxygens (including phenoxy) is 1. The van der Waals surface area contributed by atoms with Crippen LogP contribution in [0.15, 0.2) is 48.7 Å². The molecule has 0 radical (unpaired) electrons. The molecule has 1 aromatic heterocycles. The number of hydrogen-bond donors (Lipinski definition) is 2. The van der Waals surface area contributed by atoms with E-state index in [4.69, 9.17) is 4.74 Å². The molecule has 116 valence electrons. The largest absolute Gasteiger partial charge is 0.497 e. The fourth-order valence-electron chi connectivity index (χ4n) is 3.64. The minimum absolute atomic E-state index is 0.0142. The molecule has 2 N–H and O–H groups in total. The molecule has 1 aliphatic rings. The molecule has 3 aromatic rings. The fourth-order valence-corrected chi connectivity index (χ4v) is 3.64. The van der Waals surface area contributed by atoms with E-state index in [1.54, 1.807) is 7.11 Å². The lowest BCUT2D eigenvalue weighted by Gasteiger charge is -2.29. The van der Waals surface area contributed by atoms with Crippen LogP contribution in [0.5, 0.6) is 5.75 Å². The maximum atomic E-state index is 12.4. The van der Waals surface area contributed by atoms with Gasteiger partial charge in [0.2, 0.25) is 0 Å². The average molecular weight is 306 g/mol. The van der Waals surface area contributed by atoms with Crippen molar-refractivity contribution in [3.8, 4) is 5.75 Å². The van der Waals surface area contributed by atoms with Crippen LogP contribution in [0, 0.1) is 0 Å². The van der Waals surface area contributed by atoms with Crippen molar-refractivity contribution in [1.29, 1.82) is 0 Å². The van der Waals surface area contributed by atoms with Crippen LogP contribution in [-0.2, 0) is 5.54 Å². The molecule has 4 heteroatoms. The van der Waals surface area contributed by atoms with Gasteiger partial charge in [-0.05, 0) is 36.2 Å². The highest BCUT2D eigenvalue weighted by Crippen LogP contribution is 2.42. The van der Waals surface area contributed by atoms with E-state index in [-0.39, 0.29) is 5.91 Å². The molecule has 2 aromatic carbocycles. The van der Waals surface area contributed by atoms with Crippen molar-refractivity contribution < 1.29 is 9.53 Å². The van der Waals surface area contributed by atoms with Gasteiger partial charge in [-0.1, -0.05) is 25.1 Å². The van der Waals surface area contributed by atoms with Crippen molar-refractivity contribution in [1.82, 2.24) is 10.3 Å². The minimum Gasteiger partial charge on any atom is -0.497 e. The smallest absolute Gasteiger partial charge is 0.252 e. The number of carbonyl (C=O) groups is 1. The first-order valence-electron chi connectivity index (χ1n) is 7.77. The first-order valence-corrected chi connectivity index (χ1v) is 7.77. The predicted octanol–water partition coefficient (Wildman–Crippen LogP) is 3.57. The average Bonchev–Trinajstić information content (AvgIpc) is 3.14. The second-order valence-corrected chi connectivity index (χ2v) is 5.87. The monoisotopic (exact) mass is 306 g/mol. The predicted molar refractivity (Wildman–Crippen MR) is 89.8 cm³/mol. The summed E-state index contributed by atoms with van der Waals surface area (Å²) in [5, 5.41) is 4.29. The van der Waals surface area contributed by atoms with E-state index in [1.165, 1.54) is 0 Å². The molecule has 4 nitrogen and oxygen atoms in total. The van der Waals surface area contributed by atoms with E-state index in [9.17, 15) is 4.79 Å². The van der Waals surface area contributed by atoms with E-state index in [0.29, 0.717) is 0 Å². The molecule has 0 saturated carbocycles. The van der Waals surface area contributed by atoms with Crippen molar-refractivity contribution in [2.45, 2.75) is 18.9 Å². The Labute approximate surface area is 134 Å². The van der Waals surface area contributed by atoms with Crippen LogP contribution in [0.1, 0.15) is 34.8 Å². The summed E-state index contributed by atoms with van der Waals surface area (Å²) >= 11 is 0. The third-order valence-corrected chi connectivity index (χ3v) is 4.84. The zero-order valence-corrected chi connectivity index (χ0v) is 13.1. The first kappa shape index (κ1) is 13.9. The normalized spacial score (nSPS) is 19.7. The third kappa shape index (κ3) is 1.81. The Morgan fingerprint density at radius 1 is 1.13 bits per heavy atom. The molecule has 2 heterocycles. The molecule has 23 heavy (non-hydrogen) atoms. The topological polar surface area (TPSA) is 54.1 Å². The summed E-state index contributed by atoms with van der Waals surface area (Å²) in [6, 6.07) is 13.8. The number of hydrogen-bond acceptors (Lipinski definition) is 2. The van der Waals surface area contributed by atoms with Gasteiger partial charge in [-0.3, -0.25) is 4.79 Å². The van der Waals surface area contributed by atoms with Crippen LogP contribution in [0.2, 0.25) is 0 Å². The summed E-state index contributed by atoms with van der Waals surface area (Å²) < 4.78 is 5.37. The zero-order chi connectivity index (χ0) is 16.0. The Hall–Kier alpha value is -2.75. The van der Waals surface area contributed by atoms with Crippen LogP contribution in [-0.4, -0.2) is 18.0 Å². The van der Waals surface area contributed by atoms with Crippen LogP contribution in [0.25, 0.3) is 10.9 Å². The van der Waals surface area contributed by atoms with E-state index >= 15 is 0 Å². The van der Waals surface area contributed by atoms with E-state index < -0.39 is 5.54 Å². The number of nitrogens with one attached hydrogen (secondary N) is 2. The van der Waals surface area contributed by atoms with Crippen LogP contribution >= 0.6 is 0 Å². The van der Waals surface area contributed by atoms with Gasteiger partial charge in [0, 0.05) is 28.2 Å². The minimum atomic E-state index is -0.502. The summed E-state index contributed by atoms with van der Waals surface area (Å²) in [6.07, 6.45) is 2.77. The van der Waals surface area contributed by atoms with Crippen molar-refractivity contribution in [2.24, 2.45) is 0 Å². The fraction of sp³-hybridized carbons (Fsp3) is 0.211. The van der Waals surface area contributed by atoms with Crippen LogP contribution in [0.3, 0.4) is 0 Å². The zero-order valence-electron chi connectivity index (χ0n) is 13.1. The number of fused-ring (bicyclic) bond motifs is 2. The Bertz CT molecular complexity index is 913. The summed E-state index contributed by atoms with van der Waals surface area (Å²) in [4.78, 5) is 15.8. The van der Waals surface area contributed by atoms with E-state index in [2.05, 4.69) is 17.2 Å². The quantitative estimate of drug-likeness (QED) is 0.777. The van der Waals surface area contributed by atoms with Crippen molar-refractivity contribution >= 4 is 16.8 Å². The van der Waals surface area contributed by atoms with Crippen molar-refractivity contribution in [3.63, 3.8) is 0 Å². The molecule has 0 fully saturated rings. The standard InChI is InChI=1S/C19H18N2O2/c1-3-19(15-7-5-4-6-13(15)18(22)21-19)16-11-20-17-9-8-12(23-2)10-14(16)17/h4-11,20H,3H2,1-2H3,(H,21,22)/t19-/m1/s1. The van der Waals surface area contributed by atoms with Gasteiger partial charge in [-0.15, -0.1) is 0 Å². The molecule has 0 aliphatic carbocycles. The number of carbonyl (C=O) groups excluding carboxylic acids is 1. The lowest BCUT2D eigenvalue weighted by molar-refractivity contribution is 0.0939. The Morgan fingerprint density at radius 2 is 1.96 bits per heavy atom. The molecule has 0 bridgehead atoms. The first-order chi connectivity index (χ1) is 11.2. The molecule has 1 atom stereocenters. The van der Waals surface area contributed by atoms with Gasteiger partial charge in [-0.2, -0.15) is 0 Å². The molecule has 0 saturated heterocycles. The summed E-state index contributed by atoms with van der Waals surface area (Å²) in [6.45, 7) is 2.10. The SMILES string of the molecule is CC[C@@]1(c2c[nH]c3ccc(OC)cc23)NC(=O)c2ccccc21. The molecular formula is C19H18N2O2. The van der Waals surface area contributed by atoms with Gasteiger partial charge < -0.3 is 15.0 Å². The summed E-state index contributed by atoms with van der Waals surface area (Å²) in [5.74, 6) is 0.793. The van der Waals surface area contributed by atoms with Crippen molar-refractivity contribution in [2.75, 3.05) is 7.11 Å². The molecule has 1 amide bonds. The van der Waals surface area contributed by atoms with Crippen LogP contribution in [0.4, 0.5) is 0 Å². The summed E-state index contributed by atoms with van der Waals surface area (Å²) in [5.41, 5.74) is 3.40. The Morgan fingerprint density at radius 3 is 2.74 bits per heavy atom. The Balaban J connectivity index is 2.00. The van der Waals surface area contributed by atoms with Crippen molar-refractivity contribution in [3.05, 3.63) is 65.4 Å². The number of aromatic amines is 1. The van der Waals surface area contributed by atoms with E-state index in [0.717, 1.165) is 39.8 Å². The molecule has 1 aliphatic heterocycles. The number of aromatic nitrogens is 1. The second-order valence-electron chi connectivity index (χ2n) is 5.87. The van der Waals surface area contributed by atoms with Gasteiger partial charge in [-0.25, -0.2) is 0 Å². The highest BCUT2D eigenvalue weighted by molar-refractivity contribution is 6.02. The molecule has 4 rings (SSSR count). The van der Waals surface area contributed by atoms with Crippen LogP contribution < -0.4 is 10.1 Å². The van der Waals surface area contributed by atoms with Gasteiger partial charge in [0.15, 0.2) is 0 Å². The highest BCUT2D eigenvalue weighted by Gasteiger charge is 2.43. The molecule has 0 unspecified atom stereocenters. The number of H-pyrrole nitrogens is 1. The third-order valence-electron chi connectivity index (χ3n) is 4.84. The second kappa shape index (κ2) is 4.88. The maximum Gasteiger partial charge on any atom is 0.252 e. The van der Waals surface area contributed by atoms with Gasteiger partial charge in [0.05, 0.1) is 12.6 Å². The number of rotatable bonds is 3. The number of methoxy groups -OCH3 is 1. The Kier molecular flexibility index (Phi) is 2.94. The van der Waals surface area contributed by atoms with Gasteiger partial charge >= 0.3 is 0 Å².